The summed E-state index contributed by atoms with van der Waals surface area (Å²) in [5.74, 6) is 0.846. The Hall–Kier alpha value is -1.06. The van der Waals surface area contributed by atoms with E-state index in [1.807, 2.05) is 45.0 Å². The molecule has 0 amide bonds. The monoisotopic (exact) mass is 223 g/mol. The van der Waals surface area contributed by atoms with Gasteiger partial charge in [-0.1, -0.05) is 24.6 Å². The van der Waals surface area contributed by atoms with Crippen molar-refractivity contribution in [2.75, 3.05) is 6.61 Å². The zero-order valence-electron chi connectivity index (χ0n) is 10.2. The number of nitrogens with one attached hydrogen (secondary N) is 1. The van der Waals surface area contributed by atoms with Crippen LogP contribution >= 0.6 is 0 Å². The minimum absolute atomic E-state index is 0.0974. The number of aliphatic hydroxyl groups is 1. The van der Waals surface area contributed by atoms with Crippen LogP contribution in [0.15, 0.2) is 24.3 Å². The maximum atomic E-state index is 9.06. The van der Waals surface area contributed by atoms with Crippen LogP contribution < -0.4 is 10.1 Å². The van der Waals surface area contributed by atoms with E-state index in [0.29, 0.717) is 0 Å². The topological polar surface area (TPSA) is 41.5 Å². The van der Waals surface area contributed by atoms with Crippen molar-refractivity contribution in [2.45, 2.75) is 39.5 Å². The second-order valence-electron chi connectivity index (χ2n) is 4.03. The molecule has 0 aromatic heterocycles. The molecule has 90 valence electrons. The number of aliphatic hydroxyl groups excluding tert-OH is 1. The Morgan fingerprint density at radius 3 is 2.44 bits per heavy atom. The molecular weight excluding hydrogens is 202 g/mol. The molecule has 0 heterocycles. The molecule has 1 aromatic carbocycles. The van der Waals surface area contributed by atoms with Crippen LogP contribution in [0.1, 0.15) is 25.8 Å². The molecule has 3 heteroatoms. The molecule has 0 saturated heterocycles. The van der Waals surface area contributed by atoms with Gasteiger partial charge in [0.15, 0.2) is 0 Å². The van der Waals surface area contributed by atoms with Gasteiger partial charge in [0.25, 0.3) is 0 Å². The van der Waals surface area contributed by atoms with Gasteiger partial charge in [0.05, 0.1) is 6.61 Å². The van der Waals surface area contributed by atoms with Crippen LogP contribution in [-0.4, -0.2) is 24.0 Å². The molecule has 0 radical (unpaired) electrons. The smallest absolute Gasteiger partial charge is 0.147 e. The fourth-order valence-electron chi connectivity index (χ4n) is 1.49. The third-order valence-electron chi connectivity index (χ3n) is 2.52. The van der Waals surface area contributed by atoms with Gasteiger partial charge in [-0.3, -0.25) is 5.32 Å². The molecule has 3 nitrogen and oxygen atoms in total. The number of hydrogen-bond acceptors (Lipinski definition) is 3. The molecule has 0 aliphatic heterocycles. The minimum atomic E-state index is -0.0974. The van der Waals surface area contributed by atoms with Crippen LogP contribution in [0.5, 0.6) is 5.75 Å². The maximum Gasteiger partial charge on any atom is 0.147 e. The van der Waals surface area contributed by atoms with Crippen LogP contribution in [-0.2, 0) is 0 Å². The van der Waals surface area contributed by atoms with Crippen LogP contribution in [0.2, 0.25) is 0 Å². The first-order valence-electron chi connectivity index (χ1n) is 5.76. The van der Waals surface area contributed by atoms with E-state index >= 15 is 0 Å². The molecule has 0 bridgehead atoms. The number of aryl methyl sites for hydroxylation is 1. The van der Waals surface area contributed by atoms with Crippen molar-refractivity contribution in [3.63, 3.8) is 0 Å². The lowest BCUT2D eigenvalue weighted by Crippen LogP contribution is -2.41. The summed E-state index contributed by atoms with van der Waals surface area (Å²) >= 11 is 0. The summed E-state index contributed by atoms with van der Waals surface area (Å²) in [5, 5.41) is 12.3. The van der Waals surface area contributed by atoms with Gasteiger partial charge in [-0.05, 0) is 32.4 Å². The first kappa shape index (κ1) is 13.0. The Kier molecular flexibility index (Phi) is 5.29. The predicted molar refractivity (Wildman–Crippen MR) is 65.6 cm³/mol. The van der Waals surface area contributed by atoms with Gasteiger partial charge in [-0.15, -0.1) is 0 Å². The van der Waals surface area contributed by atoms with Crippen molar-refractivity contribution < 1.29 is 9.84 Å². The summed E-state index contributed by atoms with van der Waals surface area (Å²) in [4.78, 5) is 0. The molecule has 0 saturated carbocycles. The van der Waals surface area contributed by atoms with E-state index in [0.717, 1.165) is 12.2 Å². The van der Waals surface area contributed by atoms with E-state index < -0.39 is 0 Å². The van der Waals surface area contributed by atoms with Crippen molar-refractivity contribution >= 4 is 0 Å². The van der Waals surface area contributed by atoms with Crippen LogP contribution in [0.3, 0.4) is 0 Å². The van der Waals surface area contributed by atoms with E-state index in [-0.39, 0.29) is 18.9 Å². The van der Waals surface area contributed by atoms with E-state index in [4.69, 9.17) is 9.84 Å². The lowest BCUT2D eigenvalue weighted by molar-refractivity contribution is 0.137. The fourth-order valence-corrected chi connectivity index (χ4v) is 1.49. The molecule has 1 aromatic rings. The fraction of sp³-hybridized carbons (Fsp3) is 0.538. The highest BCUT2D eigenvalue weighted by molar-refractivity contribution is 5.26. The van der Waals surface area contributed by atoms with Crippen LogP contribution in [0.25, 0.3) is 0 Å². The standard InChI is InChI=1S/C13H21NO2/c1-4-12(9-15)14-11(3)16-13-7-5-10(2)6-8-13/h5-8,11-12,14-15H,4,9H2,1-3H3/t11?,12-/m0/s1. The van der Waals surface area contributed by atoms with Gasteiger partial charge in [-0.25, -0.2) is 0 Å². The largest absolute Gasteiger partial charge is 0.476 e. The predicted octanol–water partition coefficient (Wildman–Crippen LogP) is 2.08. The third-order valence-corrected chi connectivity index (χ3v) is 2.52. The molecule has 2 atom stereocenters. The zero-order chi connectivity index (χ0) is 12.0. The van der Waals surface area contributed by atoms with Gasteiger partial charge in [0.2, 0.25) is 0 Å². The van der Waals surface area contributed by atoms with Gasteiger partial charge < -0.3 is 9.84 Å². The molecule has 0 fully saturated rings. The summed E-state index contributed by atoms with van der Waals surface area (Å²) < 4.78 is 5.68. The first-order chi connectivity index (χ1) is 7.65. The Labute approximate surface area is 97.4 Å². The average Bonchev–Trinajstić information content (AvgIpc) is 2.29. The summed E-state index contributed by atoms with van der Waals surface area (Å²) in [7, 11) is 0. The normalized spacial score (nSPS) is 14.5. The van der Waals surface area contributed by atoms with E-state index in [1.165, 1.54) is 5.56 Å². The van der Waals surface area contributed by atoms with E-state index in [2.05, 4.69) is 5.32 Å². The molecule has 16 heavy (non-hydrogen) atoms. The number of rotatable bonds is 6. The summed E-state index contributed by atoms with van der Waals surface area (Å²) in [6.45, 7) is 6.16. The number of benzene rings is 1. The molecule has 2 N–H and O–H groups in total. The second kappa shape index (κ2) is 6.51. The quantitative estimate of drug-likeness (QED) is 0.725. The Morgan fingerprint density at radius 2 is 1.94 bits per heavy atom. The average molecular weight is 223 g/mol. The molecule has 1 rings (SSSR count). The second-order valence-corrected chi connectivity index (χ2v) is 4.03. The maximum absolute atomic E-state index is 9.06. The Morgan fingerprint density at radius 1 is 1.31 bits per heavy atom. The lowest BCUT2D eigenvalue weighted by atomic mass is 10.2. The van der Waals surface area contributed by atoms with Gasteiger partial charge in [-0.2, -0.15) is 0 Å². The number of hydrogen-bond donors (Lipinski definition) is 2. The van der Waals surface area contributed by atoms with Crippen LogP contribution in [0, 0.1) is 6.92 Å². The summed E-state index contributed by atoms with van der Waals surface area (Å²) in [6.07, 6.45) is 0.790. The van der Waals surface area contributed by atoms with Gasteiger partial charge >= 0.3 is 0 Å². The molecule has 1 unspecified atom stereocenters. The Bertz CT molecular complexity index is 293. The van der Waals surface area contributed by atoms with Crippen molar-refractivity contribution in [2.24, 2.45) is 0 Å². The van der Waals surface area contributed by atoms with E-state index in [9.17, 15) is 0 Å². The van der Waals surface area contributed by atoms with Crippen molar-refractivity contribution in [3.05, 3.63) is 29.8 Å². The van der Waals surface area contributed by atoms with Crippen molar-refractivity contribution in [1.82, 2.24) is 5.32 Å². The molecule has 0 aliphatic rings. The van der Waals surface area contributed by atoms with Gasteiger partial charge in [0.1, 0.15) is 12.0 Å². The highest BCUT2D eigenvalue weighted by Gasteiger charge is 2.09. The molecular formula is C13H21NO2. The van der Waals surface area contributed by atoms with Crippen LogP contribution in [0.4, 0.5) is 0 Å². The Balaban J connectivity index is 2.44. The highest BCUT2D eigenvalue weighted by Crippen LogP contribution is 2.12. The highest BCUT2D eigenvalue weighted by atomic mass is 16.5. The third kappa shape index (κ3) is 4.21. The summed E-state index contributed by atoms with van der Waals surface area (Å²) in [5.41, 5.74) is 1.22. The first-order valence-corrected chi connectivity index (χ1v) is 5.76. The minimum Gasteiger partial charge on any atom is -0.476 e. The zero-order valence-corrected chi connectivity index (χ0v) is 10.2. The molecule has 0 spiro atoms. The number of ether oxygens (including phenoxy) is 1. The summed E-state index contributed by atoms with van der Waals surface area (Å²) in [6, 6.07) is 8.04. The van der Waals surface area contributed by atoms with E-state index in [1.54, 1.807) is 0 Å². The van der Waals surface area contributed by atoms with Gasteiger partial charge in [0, 0.05) is 6.04 Å². The van der Waals surface area contributed by atoms with Crippen molar-refractivity contribution in [3.8, 4) is 5.75 Å². The van der Waals surface area contributed by atoms with Crippen molar-refractivity contribution in [1.29, 1.82) is 0 Å². The lowest BCUT2D eigenvalue weighted by Gasteiger charge is -2.21. The SMILES string of the molecule is CC[C@@H](CO)NC(C)Oc1ccc(C)cc1. The molecule has 0 aliphatic carbocycles.